The van der Waals surface area contributed by atoms with Gasteiger partial charge in [0.1, 0.15) is 12.3 Å². The fourth-order valence-corrected chi connectivity index (χ4v) is 3.38. The number of carbonyl (C=O) groups excluding carboxylic acids is 1. The van der Waals surface area contributed by atoms with E-state index >= 15 is 0 Å². The number of rotatable bonds is 7. The van der Waals surface area contributed by atoms with Crippen molar-refractivity contribution >= 4 is 17.2 Å². The van der Waals surface area contributed by atoms with Gasteiger partial charge in [0.05, 0.1) is 19.7 Å². The van der Waals surface area contributed by atoms with Crippen LogP contribution in [0.15, 0.2) is 72.8 Å². The van der Waals surface area contributed by atoms with E-state index < -0.39 is 0 Å². The van der Waals surface area contributed by atoms with Gasteiger partial charge < -0.3 is 14.2 Å². The largest absolute Gasteiger partial charge is 0.493 e. The Kier molecular flexibility index (Phi) is 5.61. The number of hydrogen-bond donors (Lipinski definition) is 0. The highest BCUT2D eigenvalue weighted by Gasteiger charge is 2.17. The van der Waals surface area contributed by atoms with E-state index in [1.54, 1.807) is 14.2 Å². The van der Waals surface area contributed by atoms with Crippen LogP contribution in [0.1, 0.15) is 16.1 Å². The lowest BCUT2D eigenvalue weighted by atomic mass is 10.0. The van der Waals surface area contributed by atoms with Gasteiger partial charge in [-0.3, -0.25) is 4.79 Å². The molecule has 0 saturated heterocycles. The lowest BCUT2D eigenvalue weighted by Crippen LogP contribution is -2.01. The molecule has 1 heterocycles. The number of aldehydes is 1. The highest BCUT2D eigenvalue weighted by molar-refractivity contribution is 5.93. The summed E-state index contributed by atoms with van der Waals surface area (Å²) < 4.78 is 17.1. The topological polar surface area (TPSA) is 57.7 Å². The first-order chi connectivity index (χ1) is 14.7. The molecule has 3 aromatic carbocycles. The normalized spacial score (nSPS) is 10.6. The van der Waals surface area contributed by atoms with E-state index in [1.807, 2.05) is 72.8 Å². The number of fused-ring (bicyclic) bond motifs is 1. The van der Waals surface area contributed by atoms with Crippen LogP contribution in [0.25, 0.3) is 22.0 Å². The Balaban J connectivity index is 1.82. The maximum atomic E-state index is 11.8. The van der Waals surface area contributed by atoms with E-state index in [2.05, 4.69) is 4.98 Å². The summed E-state index contributed by atoms with van der Waals surface area (Å²) in [5.41, 5.74) is 3.62. The van der Waals surface area contributed by atoms with Crippen molar-refractivity contribution in [3.05, 3.63) is 84.1 Å². The van der Waals surface area contributed by atoms with Gasteiger partial charge in [0.2, 0.25) is 5.75 Å². The molecule has 30 heavy (non-hydrogen) atoms. The lowest BCUT2D eigenvalue weighted by molar-refractivity contribution is 0.112. The summed E-state index contributed by atoms with van der Waals surface area (Å²) in [6.07, 6.45) is 0.767. The molecule has 0 aliphatic carbocycles. The summed E-state index contributed by atoms with van der Waals surface area (Å²) >= 11 is 0. The minimum absolute atomic E-state index is 0.356. The van der Waals surface area contributed by atoms with Crippen molar-refractivity contribution in [3.8, 4) is 28.4 Å². The average molecular weight is 399 g/mol. The molecule has 0 unspecified atom stereocenters. The molecule has 5 heteroatoms. The molecule has 0 aliphatic rings. The molecule has 0 bridgehead atoms. The standard InChI is InChI=1S/C25H21NO4/c1-28-23-13-19(20-12-18-10-6-7-11-21(18)26-22(20)15-27)14-24(25(23)29-2)30-16-17-8-4-3-5-9-17/h3-15H,16H2,1-2H3. The molecular formula is C25H21NO4. The van der Waals surface area contributed by atoms with Gasteiger partial charge in [-0.25, -0.2) is 4.98 Å². The molecule has 5 nitrogen and oxygen atoms in total. The molecule has 0 spiro atoms. The maximum Gasteiger partial charge on any atom is 0.203 e. The highest BCUT2D eigenvalue weighted by Crippen LogP contribution is 2.42. The third kappa shape index (κ3) is 3.82. The summed E-state index contributed by atoms with van der Waals surface area (Å²) in [6, 6.07) is 23.2. The van der Waals surface area contributed by atoms with Crippen LogP contribution in [-0.2, 0) is 6.61 Å². The first-order valence-corrected chi connectivity index (χ1v) is 9.51. The second-order valence-electron chi connectivity index (χ2n) is 6.72. The van der Waals surface area contributed by atoms with Gasteiger partial charge in [-0.1, -0.05) is 48.5 Å². The smallest absolute Gasteiger partial charge is 0.203 e. The second kappa shape index (κ2) is 8.66. The van der Waals surface area contributed by atoms with Crippen molar-refractivity contribution in [2.45, 2.75) is 6.61 Å². The first kappa shape index (κ1) is 19.5. The number of pyridine rings is 1. The maximum absolute atomic E-state index is 11.8. The SMILES string of the molecule is COc1cc(-c2cc3ccccc3nc2C=O)cc(OCc2ccccc2)c1OC. The Labute approximate surface area is 174 Å². The van der Waals surface area contributed by atoms with Crippen LogP contribution in [0, 0.1) is 0 Å². The number of nitrogens with zero attached hydrogens (tertiary/aromatic N) is 1. The van der Waals surface area contributed by atoms with E-state index in [9.17, 15) is 4.79 Å². The third-order valence-corrected chi connectivity index (χ3v) is 4.86. The molecule has 4 rings (SSSR count). The van der Waals surface area contributed by atoms with Crippen molar-refractivity contribution in [3.63, 3.8) is 0 Å². The summed E-state index contributed by atoms with van der Waals surface area (Å²) in [5, 5.41) is 0.944. The molecular weight excluding hydrogens is 378 g/mol. The Morgan fingerprint density at radius 3 is 2.33 bits per heavy atom. The summed E-state index contributed by atoms with van der Waals surface area (Å²) in [5.74, 6) is 1.54. The van der Waals surface area contributed by atoms with Gasteiger partial charge >= 0.3 is 0 Å². The van der Waals surface area contributed by atoms with Crippen molar-refractivity contribution in [2.24, 2.45) is 0 Å². The fourth-order valence-electron chi connectivity index (χ4n) is 3.38. The number of hydrogen-bond acceptors (Lipinski definition) is 5. The molecule has 0 saturated carbocycles. The second-order valence-corrected chi connectivity index (χ2v) is 6.72. The number of benzene rings is 3. The van der Waals surface area contributed by atoms with E-state index in [0.717, 1.165) is 28.3 Å². The van der Waals surface area contributed by atoms with Gasteiger partial charge in [0, 0.05) is 10.9 Å². The van der Waals surface area contributed by atoms with Gasteiger partial charge in [-0.15, -0.1) is 0 Å². The van der Waals surface area contributed by atoms with E-state index in [4.69, 9.17) is 14.2 Å². The zero-order valence-corrected chi connectivity index (χ0v) is 16.8. The monoisotopic (exact) mass is 399 g/mol. The molecule has 0 amide bonds. The molecule has 4 aromatic rings. The van der Waals surface area contributed by atoms with Gasteiger partial charge in [-0.05, 0) is 35.4 Å². The zero-order chi connectivity index (χ0) is 20.9. The van der Waals surface area contributed by atoms with Crippen molar-refractivity contribution in [1.82, 2.24) is 4.98 Å². The van der Waals surface area contributed by atoms with Crippen molar-refractivity contribution in [2.75, 3.05) is 14.2 Å². The molecule has 0 aliphatic heterocycles. The van der Waals surface area contributed by atoms with Crippen LogP contribution in [0.2, 0.25) is 0 Å². The summed E-state index contributed by atoms with van der Waals surface area (Å²) in [4.78, 5) is 16.3. The summed E-state index contributed by atoms with van der Waals surface area (Å²) in [6.45, 7) is 0.375. The van der Waals surface area contributed by atoms with E-state index in [0.29, 0.717) is 35.1 Å². The van der Waals surface area contributed by atoms with Gasteiger partial charge in [0.15, 0.2) is 17.8 Å². The minimum atomic E-state index is 0.356. The Morgan fingerprint density at radius 2 is 1.60 bits per heavy atom. The first-order valence-electron chi connectivity index (χ1n) is 9.51. The molecule has 0 radical (unpaired) electrons. The quantitative estimate of drug-likeness (QED) is 0.394. The number of para-hydroxylation sites is 1. The molecule has 150 valence electrons. The Bertz CT molecular complexity index is 1190. The fraction of sp³-hybridized carbons (Fsp3) is 0.120. The Hall–Kier alpha value is -3.86. The van der Waals surface area contributed by atoms with Gasteiger partial charge in [-0.2, -0.15) is 0 Å². The Morgan fingerprint density at radius 1 is 0.867 bits per heavy atom. The third-order valence-electron chi connectivity index (χ3n) is 4.86. The zero-order valence-electron chi connectivity index (χ0n) is 16.8. The van der Waals surface area contributed by atoms with Crippen molar-refractivity contribution < 1.29 is 19.0 Å². The van der Waals surface area contributed by atoms with Crippen LogP contribution in [0.4, 0.5) is 0 Å². The van der Waals surface area contributed by atoms with Gasteiger partial charge in [0.25, 0.3) is 0 Å². The predicted octanol–water partition coefficient (Wildman–Crippen LogP) is 5.31. The number of carbonyl (C=O) groups is 1. The number of aromatic nitrogens is 1. The van der Waals surface area contributed by atoms with Crippen LogP contribution in [-0.4, -0.2) is 25.5 Å². The summed E-state index contributed by atoms with van der Waals surface area (Å²) in [7, 11) is 3.14. The van der Waals surface area contributed by atoms with Crippen molar-refractivity contribution in [1.29, 1.82) is 0 Å². The van der Waals surface area contributed by atoms with E-state index in [-0.39, 0.29) is 0 Å². The predicted molar refractivity (Wildman–Crippen MR) is 116 cm³/mol. The van der Waals surface area contributed by atoms with E-state index in [1.165, 1.54) is 0 Å². The number of ether oxygens (including phenoxy) is 3. The molecule has 0 atom stereocenters. The van der Waals surface area contributed by atoms with Crippen LogP contribution in [0.5, 0.6) is 17.2 Å². The lowest BCUT2D eigenvalue weighted by Gasteiger charge is -2.17. The average Bonchev–Trinajstić information content (AvgIpc) is 2.81. The van der Waals surface area contributed by atoms with Crippen LogP contribution >= 0.6 is 0 Å². The van der Waals surface area contributed by atoms with Crippen LogP contribution in [0.3, 0.4) is 0 Å². The molecule has 1 aromatic heterocycles. The van der Waals surface area contributed by atoms with Crippen LogP contribution < -0.4 is 14.2 Å². The molecule has 0 N–H and O–H groups in total. The molecule has 0 fully saturated rings. The minimum Gasteiger partial charge on any atom is -0.493 e. The number of methoxy groups -OCH3 is 2. The highest BCUT2D eigenvalue weighted by atomic mass is 16.5.